The van der Waals surface area contributed by atoms with Gasteiger partial charge in [0, 0.05) is 29.6 Å². The first-order valence-corrected chi connectivity index (χ1v) is 11.0. The fourth-order valence-electron chi connectivity index (χ4n) is 6.38. The molecule has 1 unspecified atom stereocenters. The number of carbonyl (C=O) groups excluding carboxylic acids is 2. The van der Waals surface area contributed by atoms with Crippen LogP contribution in [0.3, 0.4) is 0 Å². The first-order valence-electron chi connectivity index (χ1n) is 11.0. The molecule has 0 bridgehead atoms. The SMILES string of the molecule is O=C1[C@@H]2Cc3c([nH]c4ccccc34)C(C3CCCCC3)N2C(=O)[C@@H]2CCCN12. The zero-order valence-corrected chi connectivity index (χ0v) is 16.2. The second kappa shape index (κ2) is 6.10. The number of nitrogens with one attached hydrogen (secondary N) is 1. The van der Waals surface area contributed by atoms with Crippen LogP contribution >= 0.6 is 0 Å². The lowest BCUT2D eigenvalue weighted by atomic mass is 9.76. The second-order valence-corrected chi connectivity index (χ2v) is 9.06. The number of nitrogens with zero attached hydrogens (tertiary/aromatic N) is 2. The maximum Gasteiger partial charge on any atom is 0.246 e. The van der Waals surface area contributed by atoms with E-state index in [1.165, 1.54) is 35.9 Å². The smallest absolute Gasteiger partial charge is 0.246 e. The molecule has 2 amide bonds. The number of carbonyl (C=O) groups is 2. The molecular formula is C23H27N3O2. The summed E-state index contributed by atoms with van der Waals surface area (Å²) in [7, 11) is 0. The summed E-state index contributed by atoms with van der Waals surface area (Å²) in [4.78, 5) is 34.6. The van der Waals surface area contributed by atoms with Crippen molar-refractivity contribution in [1.82, 2.24) is 14.8 Å². The molecule has 6 rings (SSSR count). The predicted octanol–water partition coefficient (Wildman–Crippen LogP) is 3.55. The van der Waals surface area contributed by atoms with Crippen LogP contribution in [0.4, 0.5) is 0 Å². The molecule has 3 aliphatic heterocycles. The number of hydrogen-bond acceptors (Lipinski definition) is 2. The highest BCUT2D eigenvalue weighted by atomic mass is 16.2. The number of H-pyrrole nitrogens is 1. The van der Waals surface area contributed by atoms with E-state index in [2.05, 4.69) is 29.2 Å². The van der Waals surface area contributed by atoms with Crippen LogP contribution < -0.4 is 0 Å². The van der Waals surface area contributed by atoms with Crippen LogP contribution in [0.2, 0.25) is 0 Å². The van der Waals surface area contributed by atoms with E-state index in [1.807, 2.05) is 9.80 Å². The minimum Gasteiger partial charge on any atom is -0.356 e. The highest BCUT2D eigenvalue weighted by Crippen LogP contribution is 2.47. The number of aromatic nitrogens is 1. The Balaban J connectivity index is 1.53. The number of amides is 2. The van der Waals surface area contributed by atoms with E-state index in [0.29, 0.717) is 12.3 Å². The van der Waals surface area contributed by atoms with Gasteiger partial charge < -0.3 is 14.8 Å². The van der Waals surface area contributed by atoms with Gasteiger partial charge in [-0.1, -0.05) is 37.5 Å². The summed E-state index contributed by atoms with van der Waals surface area (Å²) in [5.41, 5.74) is 3.61. The Bertz CT molecular complexity index is 958. The molecule has 0 radical (unpaired) electrons. The number of rotatable bonds is 1. The summed E-state index contributed by atoms with van der Waals surface area (Å²) in [5, 5.41) is 1.22. The molecule has 1 aromatic carbocycles. The van der Waals surface area contributed by atoms with Gasteiger partial charge in [-0.15, -0.1) is 0 Å². The summed E-state index contributed by atoms with van der Waals surface area (Å²) in [5.74, 6) is 0.828. The van der Waals surface area contributed by atoms with Crippen molar-refractivity contribution in [3.63, 3.8) is 0 Å². The standard InChI is InChI=1S/C23H27N3O2/c27-22-19-13-16-15-9-4-5-10-17(15)24-20(16)21(14-7-2-1-3-8-14)26(19)23(28)18-11-6-12-25(18)22/h4-5,9-10,14,18-19,21,24H,1-3,6-8,11-13H2/t18-,19-,21?/m0/s1. The van der Waals surface area contributed by atoms with Crippen LogP contribution in [0, 0.1) is 5.92 Å². The molecular weight excluding hydrogens is 350 g/mol. The van der Waals surface area contributed by atoms with Crippen LogP contribution in [0.15, 0.2) is 24.3 Å². The van der Waals surface area contributed by atoms with E-state index < -0.39 is 0 Å². The van der Waals surface area contributed by atoms with E-state index in [0.717, 1.165) is 37.7 Å². The van der Waals surface area contributed by atoms with E-state index in [9.17, 15) is 9.59 Å². The van der Waals surface area contributed by atoms with E-state index in [1.54, 1.807) is 0 Å². The average molecular weight is 377 g/mol. The fourth-order valence-corrected chi connectivity index (χ4v) is 6.38. The molecule has 3 fully saturated rings. The fraction of sp³-hybridized carbons (Fsp3) is 0.565. The lowest BCUT2D eigenvalue weighted by Crippen LogP contribution is -2.66. The van der Waals surface area contributed by atoms with Gasteiger partial charge in [0.25, 0.3) is 0 Å². The molecule has 2 saturated heterocycles. The maximum absolute atomic E-state index is 13.6. The Morgan fingerprint density at radius 3 is 2.57 bits per heavy atom. The quantitative estimate of drug-likeness (QED) is 0.826. The molecule has 5 heteroatoms. The number of benzene rings is 1. The van der Waals surface area contributed by atoms with Gasteiger partial charge in [-0.2, -0.15) is 0 Å². The molecule has 5 nitrogen and oxygen atoms in total. The lowest BCUT2D eigenvalue weighted by molar-refractivity contribution is -0.165. The first-order chi connectivity index (χ1) is 13.7. The Labute approximate surface area is 165 Å². The number of aromatic amines is 1. The Hall–Kier alpha value is -2.30. The molecule has 1 aromatic heterocycles. The third-order valence-corrected chi connectivity index (χ3v) is 7.63. The van der Waals surface area contributed by atoms with Crippen molar-refractivity contribution >= 4 is 22.7 Å². The van der Waals surface area contributed by atoms with Gasteiger partial charge in [0.1, 0.15) is 12.1 Å². The maximum atomic E-state index is 13.6. The summed E-state index contributed by atoms with van der Waals surface area (Å²) < 4.78 is 0. The molecule has 4 aliphatic rings. The van der Waals surface area contributed by atoms with Crippen molar-refractivity contribution in [3.8, 4) is 0 Å². The Kier molecular flexibility index (Phi) is 3.62. The minimum atomic E-state index is -0.319. The van der Waals surface area contributed by atoms with Crippen molar-refractivity contribution < 1.29 is 9.59 Å². The van der Waals surface area contributed by atoms with Crippen molar-refractivity contribution in [2.24, 2.45) is 5.92 Å². The molecule has 1 N–H and O–H groups in total. The van der Waals surface area contributed by atoms with Crippen LogP contribution in [0.25, 0.3) is 10.9 Å². The topological polar surface area (TPSA) is 56.4 Å². The largest absolute Gasteiger partial charge is 0.356 e. The van der Waals surface area contributed by atoms with Crippen molar-refractivity contribution in [1.29, 1.82) is 0 Å². The van der Waals surface area contributed by atoms with E-state index in [-0.39, 0.29) is 29.9 Å². The third kappa shape index (κ3) is 2.19. The minimum absolute atomic E-state index is 0.0284. The third-order valence-electron chi connectivity index (χ3n) is 7.63. The van der Waals surface area contributed by atoms with Gasteiger partial charge in [-0.3, -0.25) is 9.59 Å². The summed E-state index contributed by atoms with van der Waals surface area (Å²) in [6.07, 6.45) is 8.47. The van der Waals surface area contributed by atoms with Crippen LogP contribution in [-0.4, -0.2) is 45.2 Å². The molecule has 4 heterocycles. The summed E-state index contributed by atoms with van der Waals surface area (Å²) in [6, 6.07) is 7.89. The molecule has 146 valence electrons. The number of para-hydroxylation sites is 1. The van der Waals surface area contributed by atoms with Gasteiger partial charge in [-0.05, 0) is 43.2 Å². The van der Waals surface area contributed by atoms with Crippen LogP contribution in [0.5, 0.6) is 0 Å². The van der Waals surface area contributed by atoms with Gasteiger partial charge in [-0.25, -0.2) is 0 Å². The molecule has 1 saturated carbocycles. The van der Waals surface area contributed by atoms with Crippen LogP contribution in [0.1, 0.15) is 62.2 Å². The molecule has 3 atom stereocenters. The summed E-state index contributed by atoms with van der Waals surface area (Å²) >= 11 is 0. The van der Waals surface area contributed by atoms with Gasteiger partial charge in [0.15, 0.2) is 0 Å². The van der Waals surface area contributed by atoms with Gasteiger partial charge in [0.05, 0.1) is 6.04 Å². The van der Waals surface area contributed by atoms with Gasteiger partial charge in [0.2, 0.25) is 11.8 Å². The number of piperazine rings is 1. The second-order valence-electron chi connectivity index (χ2n) is 9.06. The van der Waals surface area contributed by atoms with Crippen molar-refractivity contribution in [2.75, 3.05) is 6.54 Å². The number of fused-ring (bicyclic) bond motifs is 5. The van der Waals surface area contributed by atoms with Crippen LogP contribution in [-0.2, 0) is 16.0 Å². The molecule has 2 aromatic rings. The first kappa shape index (κ1) is 16.6. The molecule has 1 aliphatic carbocycles. The van der Waals surface area contributed by atoms with Crippen molar-refractivity contribution in [2.45, 2.75) is 69.5 Å². The van der Waals surface area contributed by atoms with E-state index in [4.69, 9.17) is 0 Å². The van der Waals surface area contributed by atoms with E-state index >= 15 is 0 Å². The lowest BCUT2D eigenvalue weighted by Gasteiger charge is -2.51. The Morgan fingerprint density at radius 1 is 0.893 bits per heavy atom. The average Bonchev–Trinajstić information content (AvgIpc) is 3.36. The monoisotopic (exact) mass is 377 g/mol. The zero-order chi connectivity index (χ0) is 18.8. The zero-order valence-electron chi connectivity index (χ0n) is 16.2. The normalized spacial score (nSPS) is 30.5. The van der Waals surface area contributed by atoms with Gasteiger partial charge >= 0.3 is 0 Å². The van der Waals surface area contributed by atoms with Crippen molar-refractivity contribution in [3.05, 3.63) is 35.5 Å². The highest BCUT2D eigenvalue weighted by Gasteiger charge is 2.54. The molecule has 0 spiro atoms. The predicted molar refractivity (Wildman–Crippen MR) is 107 cm³/mol. The highest BCUT2D eigenvalue weighted by molar-refractivity contribution is 5.99. The molecule has 28 heavy (non-hydrogen) atoms. The summed E-state index contributed by atoms with van der Waals surface area (Å²) in [6.45, 7) is 0.744. The Morgan fingerprint density at radius 2 is 1.71 bits per heavy atom. The number of hydrogen-bond donors (Lipinski definition) is 1.